The van der Waals surface area contributed by atoms with Gasteiger partial charge >= 0.3 is 0 Å². The van der Waals surface area contributed by atoms with Gasteiger partial charge in [-0.05, 0) is 57.2 Å². The van der Waals surface area contributed by atoms with Crippen molar-refractivity contribution in [1.29, 1.82) is 0 Å². The molecular formula is C31H56N6O5S. The van der Waals surface area contributed by atoms with Gasteiger partial charge in [-0.1, -0.05) is 82.2 Å². The maximum atomic E-state index is 13.5. The number of nitrogens with one attached hydrogen (secondary N) is 2. The highest BCUT2D eigenvalue weighted by Gasteiger charge is 2.29. The molecule has 3 amide bonds. The highest BCUT2D eigenvalue weighted by Crippen LogP contribution is 2.14. The molecule has 0 aliphatic heterocycles. The second kappa shape index (κ2) is 22.9. The summed E-state index contributed by atoms with van der Waals surface area (Å²) in [4.78, 5) is 38.1. The smallest absolute Gasteiger partial charge is 0.242 e. The summed E-state index contributed by atoms with van der Waals surface area (Å²) in [5, 5.41) is 5.85. The molecule has 0 radical (unpaired) electrons. The number of unbranched alkanes of at least 4 members (excludes halogenated alkanes) is 8. The number of nitrogens with zero attached hydrogens (tertiary/aromatic N) is 1. The molecular weight excluding hydrogens is 568 g/mol. The fraction of sp³-hybridized carbons (Fsp3) is 0.710. The minimum Gasteiger partial charge on any atom is -0.369 e. The minimum absolute atomic E-state index is 0.129. The minimum atomic E-state index is -3.94. The van der Waals surface area contributed by atoms with Crippen LogP contribution < -0.4 is 27.8 Å². The molecule has 1 aromatic carbocycles. The molecule has 246 valence electrons. The van der Waals surface area contributed by atoms with Crippen LogP contribution in [0, 0.1) is 0 Å². The van der Waals surface area contributed by atoms with E-state index in [1.807, 2.05) is 0 Å². The van der Waals surface area contributed by atoms with Gasteiger partial charge in [-0.15, -0.1) is 0 Å². The average molecular weight is 625 g/mol. The Kier molecular flexibility index (Phi) is 20.5. The van der Waals surface area contributed by atoms with E-state index in [9.17, 15) is 22.8 Å². The first kappa shape index (κ1) is 38.5. The van der Waals surface area contributed by atoms with E-state index in [4.69, 9.17) is 17.2 Å². The molecule has 0 aliphatic carbocycles. The van der Waals surface area contributed by atoms with Gasteiger partial charge in [0.2, 0.25) is 27.7 Å². The summed E-state index contributed by atoms with van der Waals surface area (Å²) in [5.74, 6) is -1.66. The molecule has 11 nitrogen and oxygen atoms in total. The van der Waals surface area contributed by atoms with Crippen LogP contribution in [0.1, 0.15) is 102 Å². The van der Waals surface area contributed by atoms with Crippen LogP contribution in [0.3, 0.4) is 0 Å². The molecule has 0 bridgehead atoms. The lowest BCUT2D eigenvalue weighted by molar-refractivity contribution is -0.129. The van der Waals surface area contributed by atoms with Crippen molar-refractivity contribution in [3.63, 3.8) is 0 Å². The number of sulfonamides is 1. The van der Waals surface area contributed by atoms with E-state index in [0.29, 0.717) is 63.6 Å². The molecule has 0 saturated carbocycles. The fourth-order valence-electron chi connectivity index (χ4n) is 4.89. The van der Waals surface area contributed by atoms with Crippen molar-refractivity contribution >= 4 is 27.7 Å². The molecule has 0 heterocycles. The van der Waals surface area contributed by atoms with Crippen molar-refractivity contribution in [2.75, 3.05) is 26.2 Å². The number of primary amides is 1. The lowest BCUT2D eigenvalue weighted by atomic mass is 10.0. The zero-order valence-corrected chi connectivity index (χ0v) is 26.9. The predicted octanol–water partition coefficient (Wildman–Crippen LogP) is 2.67. The zero-order chi connectivity index (χ0) is 31.9. The SMILES string of the molecule is CCCCCCCCCC(=O)N[C@@H](CCCCN)C(=O)N[C@@H](CCCCN)CN(CC(N)=O)S(=O)(=O)Cc1ccccc1. The first-order valence-electron chi connectivity index (χ1n) is 15.9. The fourth-order valence-corrected chi connectivity index (χ4v) is 6.42. The molecule has 0 fully saturated rings. The van der Waals surface area contributed by atoms with Gasteiger partial charge in [0.1, 0.15) is 6.04 Å². The summed E-state index contributed by atoms with van der Waals surface area (Å²) < 4.78 is 27.8. The van der Waals surface area contributed by atoms with Crippen molar-refractivity contribution < 1.29 is 22.8 Å². The van der Waals surface area contributed by atoms with Crippen LogP contribution in [-0.4, -0.2) is 68.7 Å². The van der Waals surface area contributed by atoms with Crippen molar-refractivity contribution in [3.05, 3.63) is 35.9 Å². The summed E-state index contributed by atoms with van der Waals surface area (Å²) in [5.41, 5.74) is 17.3. The number of carbonyl (C=O) groups is 3. The van der Waals surface area contributed by atoms with Gasteiger partial charge < -0.3 is 27.8 Å². The van der Waals surface area contributed by atoms with Gasteiger partial charge in [0.15, 0.2) is 0 Å². The highest BCUT2D eigenvalue weighted by atomic mass is 32.2. The number of benzene rings is 1. The van der Waals surface area contributed by atoms with Crippen LogP contribution in [0.4, 0.5) is 0 Å². The van der Waals surface area contributed by atoms with E-state index in [2.05, 4.69) is 17.6 Å². The molecule has 43 heavy (non-hydrogen) atoms. The van der Waals surface area contributed by atoms with E-state index in [1.54, 1.807) is 30.3 Å². The van der Waals surface area contributed by atoms with Crippen molar-refractivity contribution in [2.24, 2.45) is 17.2 Å². The first-order chi connectivity index (χ1) is 20.6. The predicted molar refractivity (Wildman–Crippen MR) is 172 cm³/mol. The Morgan fingerprint density at radius 1 is 0.814 bits per heavy atom. The zero-order valence-electron chi connectivity index (χ0n) is 26.1. The highest BCUT2D eigenvalue weighted by molar-refractivity contribution is 7.88. The number of rotatable bonds is 26. The van der Waals surface area contributed by atoms with E-state index >= 15 is 0 Å². The van der Waals surface area contributed by atoms with Gasteiger partial charge in [-0.25, -0.2) is 8.42 Å². The van der Waals surface area contributed by atoms with Gasteiger partial charge in [-0.3, -0.25) is 14.4 Å². The maximum absolute atomic E-state index is 13.5. The Bertz CT molecular complexity index is 1020. The normalized spacial score (nSPS) is 13.0. The summed E-state index contributed by atoms with van der Waals surface area (Å²) in [6.07, 6.45) is 11.5. The summed E-state index contributed by atoms with van der Waals surface area (Å²) in [6, 6.07) is 7.28. The molecule has 0 aliphatic rings. The van der Waals surface area contributed by atoms with Gasteiger partial charge in [-0.2, -0.15) is 4.31 Å². The van der Waals surface area contributed by atoms with Crippen LogP contribution in [0.5, 0.6) is 0 Å². The van der Waals surface area contributed by atoms with Crippen LogP contribution in [0.2, 0.25) is 0 Å². The number of hydrogen-bond acceptors (Lipinski definition) is 7. The summed E-state index contributed by atoms with van der Waals surface area (Å²) in [6.45, 7) is 2.47. The topological polar surface area (TPSA) is 191 Å². The number of carbonyl (C=O) groups excluding carboxylic acids is 3. The van der Waals surface area contributed by atoms with Gasteiger partial charge in [0, 0.05) is 19.0 Å². The molecule has 12 heteroatoms. The van der Waals surface area contributed by atoms with Crippen LogP contribution >= 0.6 is 0 Å². The standard InChI is InChI=1S/C31H56N6O5S/c1-2-3-4-5-6-7-11-20-30(39)36-28(19-13-15-22-33)31(40)35-27(18-12-14-21-32)23-37(24-29(34)38)43(41,42)25-26-16-9-8-10-17-26/h8-10,16-17,27-28H,2-7,11-15,18-25,32-33H2,1H3,(H2,34,38)(H,35,40)(H,36,39)/t27-,28-/m0/s1. The average Bonchev–Trinajstić information content (AvgIpc) is 2.96. The first-order valence-corrected chi connectivity index (χ1v) is 17.5. The summed E-state index contributed by atoms with van der Waals surface area (Å²) >= 11 is 0. The number of amides is 3. The molecule has 2 atom stereocenters. The van der Waals surface area contributed by atoms with E-state index in [1.165, 1.54) is 25.7 Å². The van der Waals surface area contributed by atoms with Crippen LogP contribution in [0.15, 0.2) is 30.3 Å². The third kappa shape index (κ3) is 18.0. The Morgan fingerprint density at radius 3 is 2.02 bits per heavy atom. The largest absolute Gasteiger partial charge is 0.369 e. The quantitative estimate of drug-likeness (QED) is 0.0979. The third-order valence-electron chi connectivity index (χ3n) is 7.30. The molecule has 1 aromatic rings. The Hall–Kier alpha value is -2.54. The number of nitrogens with two attached hydrogens (primary N) is 3. The Labute approximate surface area is 259 Å². The molecule has 0 aromatic heterocycles. The van der Waals surface area contributed by atoms with E-state index in [-0.39, 0.29) is 24.1 Å². The Balaban J connectivity index is 2.97. The van der Waals surface area contributed by atoms with Crippen molar-refractivity contribution in [2.45, 2.75) is 115 Å². The Morgan fingerprint density at radius 2 is 1.42 bits per heavy atom. The molecule has 0 spiro atoms. The van der Waals surface area contributed by atoms with E-state index < -0.39 is 34.6 Å². The molecule has 0 unspecified atom stereocenters. The maximum Gasteiger partial charge on any atom is 0.242 e. The number of hydrogen-bond donors (Lipinski definition) is 5. The van der Waals surface area contributed by atoms with Gasteiger partial charge in [0.05, 0.1) is 12.3 Å². The second-order valence-electron chi connectivity index (χ2n) is 11.3. The molecule has 0 saturated heterocycles. The summed E-state index contributed by atoms with van der Waals surface area (Å²) in [7, 11) is -3.94. The van der Waals surface area contributed by atoms with Crippen molar-refractivity contribution in [3.8, 4) is 0 Å². The lowest BCUT2D eigenvalue weighted by Gasteiger charge is -2.29. The monoisotopic (exact) mass is 624 g/mol. The van der Waals surface area contributed by atoms with Crippen LogP contribution in [0.25, 0.3) is 0 Å². The molecule has 8 N–H and O–H groups in total. The van der Waals surface area contributed by atoms with Crippen LogP contribution in [-0.2, 0) is 30.2 Å². The van der Waals surface area contributed by atoms with Gasteiger partial charge in [0.25, 0.3) is 0 Å². The van der Waals surface area contributed by atoms with E-state index in [0.717, 1.165) is 23.6 Å². The molecule has 1 rings (SSSR count). The second-order valence-corrected chi connectivity index (χ2v) is 13.2. The lowest BCUT2D eigenvalue weighted by Crippen LogP contribution is -2.53. The third-order valence-corrected chi connectivity index (χ3v) is 9.06. The van der Waals surface area contributed by atoms with Crippen molar-refractivity contribution in [1.82, 2.24) is 14.9 Å².